The summed E-state index contributed by atoms with van der Waals surface area (Å²) in [6.07, 6.45) is 2.07. The molecule has 0 radical (unpaired) electrons. The Hall–Kier alpha value is -3.26. The van der Waals surface area contributed by atoms with Crippen LogP contribution in [0.25, 0.3) is 4.91 Å². The van der Waals surface area contributed by atoms with Gasteiger partial charge in [-0.05, 0) is 60.4 Å². The van der Waals surface area contributed by atoms with Gasteiger partial charge in [-0.1, -0.05) is 71.0 Å². The molecule has 0 aliphatic carbocycles. The van der Waals surface area contributed by atoms with Crippen LogP contribution in [-0.2, 0) is 22.7 Å². The van der Waals surface area contributed by atoms with Gasteiger partial charge in [0.25, 0.3) is 5.91 Å². The van der Waals surface area contributed by atoms with Crippen LogP contribution in [0.3, 0.4) is 0 Å². The van der Waals surface area contributed by atoms with Crippen LogP contribution in [-0.4, -0.2) is 42.3 Å². The summed E-state index contributed by atoms with van der Waals surface area (Å²) in [5, 5.41) is 8.89. The highest BCUT2D eigenvalue weighted by atomic mass is 32.1. The summed E-state index contributed by atoms with van der Waals surface area (Å²) in [5.74, 6) is 0.0633. The van der Waals surface area contributed by atoms with Crippen LogP contribution in [0.15, 0.2) is 48.2 Å². The molecule has 2 aromatic rings. The number of hydrogen-bond donors (Lipinski definition) is 4. The molecule has 2 aromatic carbocycles. The predicted octanol–water partition coefficient (Wildman–Crippen LogP) is 5.83. The minimum absolute atomic E-state index is 0.0515. The molecule has 7 nitrogen and oxygen atoms in total. The Kier molecular flexibility index (Phi) is 13.0. The standard InChI is InChI=1S/C23H35N3O2S.C8H7NO.C2H6/c1-15-12-17(21(29)16(2)24-6)9-10-18(15)14-25-22(28)19-8-7-11-26(19)20(27)13-23(3,4)5;10-8-7-4-2-1-3-6(7)5-9-8;1-2/h9-10,12,19,24,29H,7-8,11,13-14H2,1-6H3,(H,25,28);1-4H,5H2,(H,9,10);1-2H3/b21-16-;;. The fourth-order valence-corrected chi connectivity index (χ4v) is 4.99. The smallest absolute Gasteiger partial charge is 0.251 e. The SMILES string of the molecule is CC.CN/C(C)=C(\S)c1ccc(CNC(=O)C2CCCN2C(=O)CC(C)(C)C)c(C)c1.O=C1NCc2ccccc21. The van der Waals surface area contributed by atoms with Crippen LogP contribution in [0.1, 0.15) is 93.4 Å². The van der Waals surface area contributed by atoms with Crippen LogP contribution >= 0.6 is 12.6 Å². The highest BCUT2D eigenvalue weighted by molar-refractivity contribution is 7.90. The van der Waals surface area contributed by atoms with E-state index in [4.69, 9.17) is 0 Å². The minimum atomic E-state index is -0.352. The van der Waals surface area contributed by atoms with Gasteiger partial charge < -0.3 is 20.9 Å². The van der Waals surface area contributed by atoms with Gasteiger partial charge in [-0.15, -0.1) is 12.6 Å². The van der Waals surface area contributed by atoms with Gasteiger partial charge in [-0.25, -0.2) is 0 Å². The molecule has 0 bridgehead atoms. The maximum atomic E-state index is 12.8. The Balaban J connectivity index is 0.000000403. The van der Waals surface area contributed by atoms with E-state index in [1.807, 2.05) is 91.9 Å². The van der Waals surface area contributed by atoms with E-state index in [2.05, 4.69) is 34.6 Å². The molecule has 1 fully saturated rings. The number of likely N-dealkylation sites (tertiary alicyclic amines) is 1. The van der Waals surface area contributed by atoms with Crippen LogP contribution in [0.5, 0.6) is 0 Å². The average molecular weight is 581 g/mol. The van der Waals surface area contributed by atoms with Crippen molar-refractivity contribution < 1.29 is 14.4 Å². The molecule has 2 aliphatic rings. The van der Waals surface area contributed by atoms with E-state index >= 15 is 0 Å². The van der Waals surface area contributed by atoms with Crippen molar-refractivity contribution in [3.05, 3.63) is 76.0 Å². The normalized spacial score (nSPS) is 16.3. The number of benzene rings is 2. The maximum absolute atomic E-state index is 12.8. The summed E-state index contributed by atoms with van der Waals surface area (Å²) in [6.45, 7) is 16.0. The number of hydrogen-bond acceptors (Lipinski definition) is 5. The van der Waals surface area contributed by atoms with Crippen molar-refractivity contribution in [1.29, 1.82) is 0 Å². The molecule has 0 saturated carbocycles. The lowest BCUT2D eigenvalue weighted by molar-refractivity contribution is -0.139. The first-order chi connectivity index (χ1) is 19.4. The molecule has 2 heterocycles. The molecular formula is C33H48N4O3S. The molecular weight excluding hydrogens is 532 g/mol. The number of aryl methyl sites for hydroxylation is 1. The Labute approximate surface area is 252 Å². The Morgan fingerprint density at radius 2 is 1.80 bits per heavy atom. The number of allylic oxidation sites excluding steroid dienone is 1. The monoisotopic (exact) mass is 580 g/mol. The average Bonchev–Trinajstić information content (AvgIpc) is 3.59. The zero-order valence-corrected chi connectivity index (χ0v) is 26.9. The van der Waals surface area contributed by atoms with E-state index < -0.39 is 0 Å². The van der Waals surface area contributed by atoms with Gasteiger partial charge in [-0.3, -0.25) is 14.4 Å². The first-order valence-electron chi connectivity index (χ1n) is 14.5. The zero-order valence-electron chi connectivity index (χ0n) is 26.0. The second-order valence-electron chi connectivity index (χ2n) is 11.4. The lowest BCUT2D eigenvalue weighted by atomic mass is 9.91. The van der Waals surface area contributed by atoms with E-state index in [0.29, 0.717) is 26.1 Å². The third kappa shape index (κ3) is 9.66. The molecule has 1 unspecified atom stereocenters. The number of fused-ring (bicyclic) bond motifs is 1. The third-order valence-corrected chi connectivity index (χ3v) is 7.65. The highest BCUT2D eigenvalue weighted by Crippen LogP contribution is 2.26. The van der Waals surface area contributed by atoms with E-state index in [1.54, 1.807) is 4.90 Å². The van der Waals surface area contributed by atoms with Crippen molar-refractivity contribution in [2.75, 3.05) is 13.6 Å². The number of thiol groups is 1. The molecule has 1 saturated heterocycles. The summed E-state index contributed by atoms with van der Waals surface area (Å²) >= 11 is 4.59. The molecule has 0 spiro atoms. The van der Waals surface area contributed by atoms with Gasteiger partial charge in [0, 0.05) is 49.3 Å². The van der Waals surface area contributed by atoms with Gasteiger partial charge in [0.2, 0.25) is 11.8 Å². The Morgan fingerprint density at radius 3 is 2.41 bits per heavy atom. The summed E-state index contributed by atoms with van der Waals surface area (Å²) < 4.78 is 0. The quantitative estimate of drug-likeness (QED) is 0.324. The van der Waals surface area contributed by atoms with Crippen molar-refractivity contribution in [2.24, 2.45) is 5.41 Å². The third-order valence-electron chi connectivity index (χ3n) is 7.06. The molecule has 3 N–H and O–H groups in total. The Bertz CT molecular complexity index is 1250. The molecule has 8 heteroatoms. The maximum Gasteiger partial charge on any atom is 0.251 e. The van der Waals surface area contributed by atoms with Crippen molar-refractivity contribution in [3.8, 4) is 0 Å². The number of rotatable bonds is 6. The number of carbonyl (C=O) groups is 3. The van der Waals surface area contributed by atoms with Crippen molar-refractivity contribution in [1.82, 2.24) is 20.9 Å². The molecule has 0 aromatic heterocycles. The highest BCUT2D eigenvalue weighted by Gasteiger charge is 2.35. The lowest BCUT2D eigenvalue weighted by Crippen LogP contribution is -2.46. The molecule has 4 rings (SSSR count). The molecule has 3 amide bonds. The first-order valence-corrected chi connectivity index (χ1v) is 15.0. The summed E-state index contributed by atoms with van der Waals surface area (Å²) in [6, 6.07) is 13.4. The zero-order chi connectivity index (χ0) is 30.7. The molecule has 2 aliphatic heterocycles. The predicted molar refractivity (Wildman–Crippen MR) is 171 cm³/mol. The first kappa shape index (κ1) is 33.9. The van der Waals surface area contributed by atoms with Gasteiger partial charge >= 0.3 is 0 Å². The molecule has 1 atom stereocenters. The van der Waals surface area contributed by atoms with Crippen LogP contribution in [0.2, 0.25) is 0 Å². The molecule has 41 heavy (non-hydrogen) atoms. The van der Waals surface area contributed by atoms with Crippen LogP contribution in [0.4, 0.5) is 0 Å². The fraction of sp³-hybridized carbons (Fsp3) is 0.485. The number of carbonyl (C=O) groups excluding carboxylic acids is 3. The van der Waals surface area contributed by atoms with Gasteiger partial charge in [-0.2, -0.15) is 0 Å². The molecule has 224 valence electrons. The van der Waals surface area contributed by atoms with Crippen molar-refractivity contribution in [2.45, 2.75) is 86.9 Å². The van der Waals surface area contributed by atoms with Crippen LogP contribution < -0.4 is 16.0 Å². The number of nitrogens with zero attached hydrogens (tertiary/aromatic N) is 1. The number of amides is 3. The Morgan fingerprint density at radius 1 is 1.12 bits per heavy atom. The second kappa shape index (κ2) is 15.7. The summed E-state index contributed by atoms with van der Waals surface area (Å²) in [7, 11) is 1.88. The van der Waals surface area contributed by atoms with Gasteiger partial charge in [0.1, 0.15) is 6.04 Å². The van der Waals surface area contributed by atoms with Crippen LogP contribution in [0, 0.1) is 12.3 Å². The number of nitrogens with one attached hydrogen (secondary N) is 3. The van der Waals surface area contributed by atoms with E-state index in [9.17, 15) is 14.4 Å². The van der Waals surface area contributed by atoms with Crippen molar-refractivity contribution >= 4 is 35.3 Å². The van der Waals surface area contributed by atoms with E-state index in [0.717, 1.165) is 51.3 Å². The minimum Gasteiger partial charge on any atom is -0.391 e. The lowest BCUT2D eigenvalue weighted by Gasteiger charge is -2.27. The summed E-state index contributed by atoms with van der Waals surface area (Å²) in [5.41, 5.74) is 6.07. The largest absolute Gasteiger partial charge is 0.391 e. The van der Waals surface area contributed by atoms with Gasteiger partial charge in [0.05, 0.1) is 0 Å². The van der Waals surface area contributed by atoms with E-state index in [1.165, 1.54) is 0 Å². The van der Waals surface area contributed by atoms with Gasteiger partial charge in [0.15, 0.2) is 0 Å². The second-order valence-corrected chi connectivity index (χ2v) is 11.9. The fourth-order valence-electron chi connectivity index (χ4n) is 4.74. The summed E-state index contributed by atoms with van der Waals surface area (Å²) in [4.78, 5) is 39.0. The van der Waals surface area contributed by atoms with Crippen molar-refractivity contribution in [3.63, 3.8) is 0 Å². The topological polar surface area (TPSA) is 90.5 Å². The van der Waals surface area contributed by atoms with E-state index in [-0.39, 0.29) is 29.2 Å².